The molecule has 0 radical (unpaired) electrons. The van der Waals surface area contributed by atoms with Crippen molar-refractivity contribution in [3.05, 3.63) is 59.2 Å². The lowest BCUT2D eigenvalue weighted by Gasteiger charge is -2.22. The van der Waals surface area contributed by atoms with Gasteiger partial charge in [-0.25, -0.2) is 0 Å². The molecule has 0 saturated heterocycles. The number of carbonyl (C=O) groups excluding carboxylic acids is 3. The maximum absolute atomic E-state index is 12.5. The molecule has 0 heterocycles. The summed E-state index contributed by atoms with van der Waals surface area (Å²) in [7, 11) is 0. The Kier molecular flexibility index (Phi) is 7.10. The van der Waals surface area contributed by atoms with Crippen LogP contribution < -0.4 is 10.2 Å². The smallest absolute Gasteiger partial charge is 0.226 e. The Morgan fingerprint density at radius 1 is 1.00 bits per heavy atom. The quantitative estimate of drug-likeness (QED) is 0.708. The van der Waals surface area contributed by atoms with Gasteiger partial charge in [0, 0.05) is 36.8 Å². The lowest BCUT2D eigenvalue weighted by Crippen LogP contribution is -2.32. The van der Waals surface area contributed by atoms with Gasteiger partial charge in [0.1, 0.15) is 0 Å². The molecule has 28 heavy (non-hydrogen) atoms. The van der Waals surface area contributed by atoms with Gasteiger partial charge in [-0.3, -0.25) is 14.4 Å². The summed E-state index contributed by atoms with van der Waals surface area (Å²) in [6, 6.07) is 12.8. The van der Waals surface area contributed by atoms with Crippen LogP contribution in [0.1, 0.15) is 61.5 Å². The van der Waals surface area contributed by atoms with Crippen LogP contribution in [-0.4, -0.2) is 24.1 Å². The number of Topliss-reactive ketones (excluding diaryl/α,β-unsaturated/α-hetero) is 1. The van der Waals surface area contributed by atoms with Gasteiger partial charge in [-0.15, -0.1) is 0 Å². The van der Waals surface area contributed by atoms with E-state index in [1.807, 2.05) is 25.1 Å². The maximum atomic E-state index is 12.5. The Hall–Kier alpha value is -2.95. The van der Waals surface area contributed by atoms with Crippen molar-refractivity contribution in [1.29, 1.82) is 0 Å². The molecular formula is C23H28N2O3. The number of hydrogen-bond acceptors (Lipinski definition) is 3. The number of amides is 2. The van der Waals surface area contributed by atoms with E-state index < -0.39 is 0 Å². The number of hydrogen-bond donors (Lipinski definition) is 1. The molecule has 1 N–H and O–H groups in total. The second-order valence-corrected chi connectivity index (χ2v) is 7.27. The molecule has 148 valence electrons. The van der Waals surface area contributed by atoms with Gasteiger partial charge in [0.2, 0.25) is 11.8 Å². The number of para-hydroxylation sites is 1. The lowest BCUT2D eigenvalue weighted by atomic mass is 9.98. The Balaban J connectivity index is 2.09. The minimum absolute atomic E-state index is 0.0282. The third kappa shape index (κ3) is 5.28. The zero-order valence-electron chi connectivity index (χ0n) is 17.2. The minimum Gasteiger partial charge on any atom is -0.326 e. The minimum atomic E-state index is -0.151. The molecule has 0 aliphatic heterocycles. The first-order valence-corrected chi connectivity index (χ1v) is 9.49. The van der Waals surface area contributed by atoms with Crippen LogP contribution in [-0.2, 0) is 9.59 Å². The van der Waals surface area contributed by atoms with Crippen LogP contribution in [0.5, 0.6) is 0 Å². The van der Waals surface area contributed by atoms with Crippen LogP contribution in [0.2, 0.25) is 0 Å². The second-order valence-electron chi connectivity index (χ2n) is 7.27. The Morgan fingerprint density at radius 2 is 1.64 bits per heavy atom. The van der Waals surface area contributed by atoms with Crippen LogP contribution in [0.15, 0.2) is 42.5 Å². The highest BCUT2D eigenvalue weighted by Gasteiger charge is 2.16. The number of rotatable bonds is 7. The van der Waals surface area contributed by atoms with Crippen LogP contribution in [0.25, 0.3) is 0 Å². The molecule has 0 aromatic heterocycles. The predicted octanol–water partition coefficient (Wildman–Crippen LogP) is 4.70. The number of ketones is 1. The van der Waals surface area contributed by atoms with Crippen molar-refractivity contribution in [2.45, 2.75) is 47.0 Å². The van der Waals surface area contributed by atoms with Crippen molar-refractivity contribution >= 4 is 29.0 Å². The number of anilines is 2. The van der Waals surface area contributed by atoms with Gasteiger partial charge in [-0.1, -0.05) is 32.0 Å². The first-order valence-electron chi connectivity index (χ1n) is 9.49. The zero-order chi connectivity index (χ0) is 20.8. The fraction of sp³-hybridized carbons (Fsp3) is 0.348. The van der Waals surface area contributed by atoms with E-state index in [4.69, 9.17) is 0 Å². The summed E-state index contributed by atoms with van der Waals surface area (Å²) in [6.45, 7) is 9.39. The first kappa shape index (κ1) is 21.4. The first-order chi connectivity index (χ1) is 13.2. The van der Waals surface area contributed by atoms with E-state index in [0.29, 0.717) is 17.2 Å². The molecule has 0 unspecified atom stereocenters. The fourth-order valence-corrected chi connectivity index (χ4v) is 3.10. The van der Waals surface area contributed by atoms with E-state index in [1.54, 1.807) is 29.2 Å². The molecule has 0 atom stereocenters. The topological polar surface area (TPSA) is 66.5 Å². The van der Waals surface area contributed by atoms with Crippen molar-refractivity contribution < 1.29 is 14.4 Å². The molecule has 2 amide bonds. The molecular weight excluding hydrogens is 352 g/mol. The number of nitrogens with one attached hydrogen (secondary N) is 1. The van der Waals surface area contributed by atoms with Crippen molar-refractivity contribution in [2.24, 2.45) is 0 Å². The van der Waals surface area contributed by atoms with Crippen molar-refractivity contribution in [3.63, 3.8) is 0 Å². The van der Waals surface area contributed by atoms with Gasteiger partial charge in [0.25, 0.3) is 0 Å². The van der Waals surface area contributed by atoms with Crippen LogP contribution in [0.3, 0.4) is 0 Å². The predicted molar refractivity (Wildman–Crippen MR) is 113 cm³/mol. The average molecular weight is 380 g/mol. The van der Waals surface area contributed by atoms with E-state index in [-0.39, 0.29) is 30.6 Å². The summed E-state index contributed by atoms with van der Waals surface area (Å²) in [5.41, 5.74) is 4.22. The highest BCUT2D eigenvalue weighted by Crippen LogP contribution is 2.27. The summed E-state index contributed by atoms with van der Waals surface area (Å²) in [4.78, 5) is 37.6. The Bertz CT molecular complexity index is 870. The Labute approximate surface area is 166 Å². The Morgan fingerprint density at radius 3 is 2.18 bits per heavy atom. The van der Waals surface area contributed by atoms with E-state index in [9.17, 15) is 14.4 Å². The molecule has 2 aromatic rings. The summed E-state index contributed by atoms with van der Waals surface area (Å²) in [5, 5.41) is 3.01. The molecule has 0 saturated carbocycles. The average Bonchev–Trinajstić information content (AvgIpc) is 2.63. The van der Waals surface area contributed by atoms with Gasteiger partial charge < -0.3 is 10.2 Å². The standard InChI is InChI=1S/C23H28N2O3/c1-15(2)21-8-6-7-16(3)23(21)24-22(28)13-14-25(18(5)27)20-11-9-19(10-12-20)17(4)26/h6-12,15H,13-14H2,1-5H3,(H,24,28). The maximum Gasteiger partial charge on any atom is 0.226 e. The van der Waals surface area contributed by atoms with Gasteiger partial charge in [0.15, 0.2) is 5.78 Å². The summed E-state index contributed by atoms with van der Waals surface area (Å²) >= 11 is 0. The van der Waals surface area contributed by atoms with Crippen LogP contribution in [0.4, 0.5) is 11.4 Å². The third-order valence-corrected chi connectivity index (χ3v) is 4.72. The molecule has 0 fully saturated rings. The highest BCUT2D eigenvalue weighted by atomic mass is 16.2. The van der Waals surface area contributed by atoms with Crippen LogP contribution in [0, 0.1) is 6.92 Å². The van der Waals surface area contributed by atoms with Crippen molar-refractivity contribution in [3.8, 4) is 0 Å². The summed E-state index contributed by atoms with van der Waals surface area (Å²) in [6.07, 6.45) is 0.180. The third-order valence-electron chi connectivity index (χ3n) is 4.72. The fourth-order valence-electron chi connectivity index (χ4n) is 3.10. The molecule has 0 spiro atoms. The van der Waals surface area contributed by atoms with Gasteiger partial charge in [0.05, 0.1) is 0 Å². The lowest BCUT2D eigenvalue weighted by molar-refractivity contribution is -0.117. The van der Waals surface area contributed by atoms with Gasteiger partial charge >= 0.3 is 0 Å². The van der Waals surface area contributed by atoms with Gasteiger partial charge in [-0.05, 0) is 55.2 Å². The molecule has 0 aliphatic rings. The van der Waals surface area contributed by atoms with Crippen LogP contribution >= 0.6 is 0 Å². The molecule has 2 rings (SSSR count). The molecule has 0 aliphatic carbocycles. The normalized spacial score (nSPS) is 10.6. The number of aryl methyl sites for hydroxylation is 1. The molecule has 5 heteroatoms. The monoisotopic (exact) mass is 380 g/mol. The molecule has 2 aromatic carbocycles. The summed E-state index contributed by atoms with van der Waals surface area (Å²) in [5.74, 6) is -0.0202. The SMILES string of the molecule is CC(=O)c1ccc(N(CCC(=O)Nc2c(C)cccc2C(C)C)C(C)=O)cc1. The largest absolute Gasteiger partial charge is 0.326 e. The number of nitrogens with zero attached hydrogens (tertiary/aromatic N) is 1. The molecule has 5 nitrogen and oxygen atoms in total. The van der Waals surface area contributed by atoms with Crippen molar-refractivity contribution in [1.82, 2.24) is 0 Å². The number of benzene rings is 2. The molecule has 0 bridgehead atoms. The van der Waals surface area contributed by atoms with E-state index in [1.165, 1.54) is 13.8 Å². The highest BCUT2D eigenvalue weighted by molar-refractivity contribution is 5.97. The summed E-state index contributed by atoms with van der Waals surface area (Å²) < 4.78 is 0. The van der Waals surface area contributed by atoms with Gasteiger partial charge in [-0.2, -0.15) is 0 Å². The number of carbonyl (C=O) groups is 3. The second kappa shape index (κ2) is 9.31. The zero-order valence-corrected chi connectivity index (χ0v) is 17.2. The van der Waals surface area contributed by atoms with Crippen molar-refractivity contribution in [2.75, 3.05) is 16.8 Å². The van der Waals surface area contributed by atoms with E-state index in [0.717, 1.165) is 16.8 Å². The van der Waals surface area contributed by atoms with E-state index >= 15 is 0 Å². The van der Waals surface area contributed by atoms with E-state index in [2.05, 4.69) is 19.2 Å².